The summed E-state index contributed by atoms with van der Waals surface area (Å²) in [6.45, 7) is 0. The van der Waals surface area contributed by atoms with Crippen molar-refractivity contribution in [2.24, 2.45) is 0 Å². The summed E-state index contributed by atoms with van der Waals surface area (Å²) in [5, 5.41) is 1.06. The first kappa shape index (κ1) is 10.4. The van der Waals surface area contributed by atoms with Crippen molar-refractivity contribution in [1.82, 2.24) is 0 Å². The lowest BCUT2D eigenvalue weighted by Crippen LogP contribution is -1.86. The van der Waals surface area contributed by atoms with Gasteiger partial charge in [-0.3, -0.25) is 0 Å². The van der Waals surface area contributed by atoms with Gasteiger partial charge in [0, 0.05) is 11.6 Å². The number of furan rings is 1. The van der Waals surface area contributed by atoms with Gasteiger partial charge in [-0.1, -0.05) is 23.2 Å². The van der Waals surface area contributed by atoms with E-state index >= 15 is 0 Å². The van der Waals surface area contributed by atoms with E-state index in [0.29, 0.717) is 21.6 Å². The van der Waals surface area contributed by atoms with Crippen LogP contribution in [0.4, 0.5) is 0 Å². The predicted octanol–water partition coefficient (Wildman–Crippen LogP) is 4.26. The van der Waals surface area contributed by atoms with Crippen LogP contribution in [0.5, 0.6) is 5.75 Å². The summed E-state index contributed by atoms with van der Waals surface area (Å²) in [5.41, 5.74) is 0.757. The Balaban J connectivity index is 2.55. The average molecular weight is 243 g/mol. The summed E-state index contributed by atoms with van der Waals surface area (Å²) in [6.07, 6.45) is 1.59. The monoisotopic (exact) mass is 242 g/mol. The average Bonchev–Trinajstić information content (AvgIpc) is 2.74. The van der Waals surface area contributed by atoms with Crippen molar-refractivity contribution in [3.05, 3.63) is 40.6 Å². The smallest absolute Gasteiger partial charge is 0.138 e. The molecule has 0 N–H and O–H groups in total. The number of hydrogen-bond donors (Lipinski definition) is 0. The molecule has 0 bridgehead atoms. The van der Waals surface area contributed by atoms with Crippen LogP contribution in [0, 0.1) is 0 Å². The van der Waals surface area contributed by atoms with Gasteiger partial charge in [0.25, 0.3) is 0 Å². The lowest BCUT2D eigenvalue weighted by Gasteiger charge is -2.06. The molecule has 1 aromatic heterocycles. The van der Waals surface area contributed by atoms with E-state index in [9.17, 15) is 0 Å². The SMILES string of the molecule is COc1cc(Cl)c(-c2ccco2)cc1Cl. The first-order valence-electron chi connectivity index (χ1n) is 4.29. The van der Waals surface area contributed by atoms with Crippen molar-refractivity contribution < 1.29 is 9.15 Å². The maximum absolute atomic E-state index is 6.07. The van der Waals surface area contributed by atoms with Crippen molar-refractivity contribution in [3.8, 4) is 17.1 Å². The van der Waals surface area contributed by atoms with Crippen molar-refractivity contribution in [2.75, 3.05) is 7.11 Å². The van der Waals surface area contributed by atoms with Crippen LogP contribution in [0.1, 0.15) is 0 Å². The fraction of sp³-hybridized carbons (Fsp3) is 0.0909. The van der Waals surface area contributed by atoms with Gasteiger partial charge < -0.3 is 9.15 Å². The normalized spacial score (nSPS) is 10.3. The molecule has 15 heavy (non-hydrogen) atoms. The highest BCUT2D eigenvalue weighted by Crippen LogP contribution is 2.36. The zero-order valence-corrected chi connectivity index (χ0v) is 9.47. The molecule has 0 amide bonds. The second kappa shape index (κ2) is 4.17. The number of halogens is 2. The fourth-order valence-corrected chi connectivity index (χ4v) is 1.79. The van der Waals surface area contributed by atoms with E-state index in [1.54, 1.807) is 31.6 Å². The van der Waals surface area contributed by atoms with Crippen LogP contribution >= 0.6 is 23.2 Å². The molecule has 0 spiro atoms. The van der Waals surface area contributed by atoms with Gasteiger partial charge >= 0.3 is 0 Å². The topological polar surface area (TPSA) is 22.4 Å². The number of benzene rings is 1. The summed E-state index contributed by atoms with van der Waals surface area (Å²) in [4.78, 5) is 0. The third-order valence-electron chi connectivity index (χ3n) is 2.03. The van der Waals surface area contributed by atoms with E-state index in [1.807, 2.05) is 6.07 Å². The molecular formula is C11H8Cl2O2. The highest BCUT2D eigenvalue weighted by atomic mass is 35.5. The highest BCUT2D eigenvalue weighted by Gasteiger charge is 2.11. The molecule has 1 heterocycles. The number of rotatable bonds is 2. The standard InChI is InChI=1S/C11H8Cl2O2/c1-14-11-6-8(12)7(5-9(11)13)10-3-2-4-15-10/h2-6H,1H3. The molecule has 2 aromatic rings. The van der Waals surface area contributed by atoms with Gasteiger partial charge in [-0.15, -0.1) is 0 Å². The molecule has 0 aliphatic carbocycles. The van der Waals surface area contributed by atoms with Crippen LogP contribution in [0.3, 0.4) is 0 Å². The van der Waals surface area contributed by atoms with Gasteiger partial charge in [0.15, 0.2) is 0 Å². The minimum Gasteiger partial charge on any atom is -0.495 e. The van der Waals surface area contributed by atoms with Crippen LogP contribution in [0.2, 0.25) is 10.0 Å². The van der Waals surface area contributed by atoms with Gasteiger partial charge in [-0.25, -0.2) is 0 Å². The molecule has 0 aliphatic heterocycles. The quantitative estimate of drug-likeness (QED) is 0.786. The van der Waals surface area contributed by atoms with Gasteiger partial charge in [0.1, 0.15) is 11.5 Å². The number of methoxy groups -OCH3 is 1. The number of hydrogen-bond acceptors (Lipinski definition) is 2. The Morgan fingerprint density at radius 2 is 2.00 bits per heavy atom. The van der Waals surface area contributed by atoms with E-state index < -0.39 is 0 Å². The minimum atomic E-state index is 0.508. The van der Waals surface area contributed by atoms with Crippen molar-refractivity contribution in [3.63, 3.8) is 0 Å². The Hall–Kier alpha value is -1.12. The zero-order valence-electron chi connectivity index (χ0n) is 7.96. The second-order valence-corrected chi connectivity index (χ2v) is 3.76. The second-order valence-electron chi connectivity index (χ2n) is 2.94. The van der Waals surface area contributed by atoms with Gasteiger partial charge in [0.05, 0.1) is 23.4 Å². The largest absolute Gasteiger partial charge is 0.495 e. The first-order valence-corrected chi connectivity index (χ1v) is 5.05. The summed E-state index contributed by atoms with van der Waals surface area (Å²) >= 11 is 12.1. The Morgan fingerprint density at radius 1 is 1.20 bits per heavy atom. The third-order valence-corrected chi connectivity index (χ3v) is 2.64. The van der Waals surface area contributed by atoms with Crippen molar-refractivity contribution in [2.45, 2.75) is 0 Å². The molecule has 0 saturated heterocycles. The molecule has 1 aromatic carbocycles. The molecule has 0 unspecified atom stereocenters. The van der Waals surface area contributed by atoms with Crippen LogP contribution in [0.15, 0.2) is 34.9 Å². The lowest BCUT2D eigenvalue weighted by molar-refractivity contribution is 0.415. The number of ether oxygens (including phenoxy) is 1. The predicted molar refractivity (Wildman–Crippen MR) is 60.7 cm³/mol. The van der Waals surface area contributed by atoms with Gasteiger partial charge in [0.2, 0.25) is 0 Å². The third kappa shape index (κ3) is 1.96. The molecule has 0 fully saturated rings. The zero-order chi connectivity index (χ0) is 10.8. The molecular weight excluding hydrogens is 235 g/mol. The molecule has 0 radical (unpaired) electrons. The molecule has 78 valence electrons. The first-order chi connectivity index (χ1) is 7.22. The van der Waals surface area contributed by atoms with Crippen molar-refractivity contribution in [1.29, 1.82) is 0 Å². The summed E-state index contributed by atoms with van der Waals surface area (Å²) in [6, 6.07) is 7.01. The molecule has 4 heteroatoms. The van der Waals surface area contributed by atoms with Crippen LogP contribution in [-0.2, 0) is 0 Å². The van der Waals surface area contributed by atoms with E-state index in [0.717, 1.165) is 5.56 Å². The minimum absolute atomic E-state index is 0.508. The molecule has 0 saturated carbocycles. The molecule has 2 rings (SSSR count). The van der Waals surface area contributed by atoms with Crippen molar-refractivity contribution >= 4 is 23.2 Å². The van der Waals surface area contributed by atoms with Crippen LogP contribution < -0.4 is 4.74 Å². The Bertz CT molecular complexity index is 464. The van der Waals surface area contributed by atoms with Crippen LogP contribution in [-0.4, -0.2) is 7.11 Å². The van der Waals surface area contributed by atoms with E-state index in [2.05, 4.69) is 0 Å². The van der Waals surface area contributed by atoms with Crippen LogP contribution in [0.25, 0.3) is 11.3 Å². The lowest BCUT2D eigenvalue weighted by atomic mass is 10.1. The summed E-state index contributed by atoms with van der Waals surface area (Å²) in [5.74, 6) is 1.24. The molecule has 0 aliphatic rings. The molecule has 2 nitrogen and oxygen atoms in total. The Labute approximate surface area is 97.4 Å². The summed E-state index contributed by atoms with van der Waals surface area (Å²) < 4.78 is 10.3. The van der Waals surface area contributed by atoms with Gasteiger partial charge in [-0.2, -0.15) is 0 Å². The maximum Gasteiger partial charge on any atom is 0.138 e. The van der Waals surface area contributed by atoms with Gasteiger partial charge in [-0.05, 0) is 18.2 Å². The maximum atomic E-state index is 6.07. The van der Waals surface area contributed by atoms with E-state index in [4.69, 9.17) is 32.4 Å². The van der Waals surface area contributed by atoms with E-state index in [1.165, 1.54) is 0 Å². The van der Waals surface area contributed by atoms with E-state index in [-0.39, 0.29) is 0 Å². The Kier molecular flexibility index (Phi) is 2.89. The fourth-order valence-electron chi connectivity index (χ4n) is 1.31. The summed E-state index contributed by atoms with van der Waals surface area (Å²) in [7, 11) is 1.55. The Morgan fingerprint density at radius 3 is 2.60 bits per heavy atom. The molecule has 0 atom stereocenters. The highest BCUT2D eigenvalue weighted by molar-refractivity contribution is 6.36.